The minimum atomic E-state index is -1.76. The number of esters is 3. The minimum Gasteiger partial charge on any atom is -0.461 e. The van der Waals surface area contributed by atoms with Crippen LogP contribution < -0.4 is 0 Å². The topological polar surface area (TPSA) is 169 Å². The molecule has 1 aromatic carbocycles. The van der Waals surface area contributed by atoms with E-state index in [9.17, 15) is 34.8 Å². The van der Waals surface area contributed by atoms with E-state index in [1.165, 1.54) is 27.7 Å². The molecule has 0 radical (unpaired) electrons. The van der Waals surface area contributed by atoms with Gasteiger partial charge in [-0.25, -0.2) is 4.79 Å². The highest BCUT2D eigenvalue weighted by molar-refractivity contribution is 5.89. The van der Waals surface area contributed by atoms with Gasteiger partial charge in [-0.05, 0) is 50.5 Å². The fourth-order valence-corrected chi connectivity index (χ4v) is 8.27. The third-order valence-corrected chi connectivity index (χ3v) is 10.3. The minimum absolute atomic E-state index is 0.0281. The fraction of sp³-hybridized carbons (Fsp3) is 0.645. The third kappa shape index (κ3) is 4.16. The van der Waals surface area contributed by atoms with Gasteiger partial charge in [-0.1, -0.05) is 25.1 Å². The molecule has 0 aromatic heterocycles. The van der Waals surface area contributed by atoms with Gasteiger partial charge >= 0.3 is 17.9 Å². The Morgan fingerprint density at radius 3 is 2.19 bits per heavy atom. The van der Waals surface area contributed by atoms with Gasteiger partial charge in [0.05, 0.1) is 41.3 Å². The summed E-state index contributed by atoms with van der Waals surface area (Å²) in [6.07, 6.45) is -7.96. The Labute approximate surface area is 244 Å². The van der Waals surface area contributed by atoms with Gasteiger partial charge in [0.15, 0.2) is 11.7 Å². The average molecular weight is 589 g/mol. The SMILES string of the molecule is CC(=O)O[C@H]1[C@@H]2[C@]3(OC(C)=O)CO[C@@H]3C[C@H](O)[C@@]2(C)[C@@H](O)[C@H](OC(=O)c2ccccc2)C2=C(C)[C@@H](O)C[C@]21C(C)(C)O. The number of aliphatic hydroxyl groups excluding tert-OH is 3. The first-order chi connectivity index (χ1) is 19.5. The van der Waals surface area contributed by atoms with Gasteiger partial charge in [-0.2, -0.15) is 0 Å². The van der Waals surface area contributed by atoms with Gasteiger partial charge in [0.1, 0.15) is 18.3 Å². The lowest BCUT2D eigenvalue weighted by atomic mass is 9.49. The van der Waals surface area contributed by atoms with E-state index < -0.39 is 82.5 Å². The molecule has 3 aliphatic carbocycles. The van der Waals surface area contributed by atoms with E-state index in [1.807, 2.05) is 0 Å². The normalized spacial score (nSPS) is 41.0. The van der Waals surface area contributed by atoms with Crippen LogP contribution in [-0.4, -0.2) is 92.8 Å². The van der Waals surface area contributed by atoms with E-state index in [0.29, 0.717) is 5.57 Å². The van der Waals surface area contributed by atoms with E-state index in [4.69, 9.17) is 18.9 Å². The molecule has 1 aliphatic heterocycles. The van der Waals surface area contributed by atoms with Crippen molar-refractivity contribution in [3.8, 4) is 0 Å². The summed E-state index contributed by atoms with van der Waals surface area (Å²) in [7, 11) is 0. The van der Waals surface area contributed by atoms with E-state index in [1.54, 1.807) is 44.2 Å². The average Bonchev–Trinajstić information content (AvgIpc) is 3.14. The highest BCUT2D eigenvalue weighted by atomic mass is 16.6. The largest absolute Gasteiger partial charge is 0.461 e. The maximum Gasteiger partial charge on any atom is 0.338 e. The molecule has 2 saturated carbocycles. The zero-order chi connectivity index (χ0) is 31.0. The maximum absolute atomic E-state index is 13.5. The van der Waals surface area contributed by atoms with Gasteiger partial charge in [0.25, 0.3) is 0 Å². The van der Waals surface area contributed by atoms with E-state index in [-0.39, 0.29) is 30.6 Å². The number of benzene rings is 1. The molecule has 0 bridgehead atoms. The molecular formula is C31H40O11. The summed E-state index contributed by atoms with van der Waals surface area (Å²) in [5, 5.41) is 47.4. The van der Waals surface area contributed by atoms with Crippen molar-refractivity contribution in [2.75, 3.05) is 6.61 Å². The predicted octanol–water partition coefficient (Wildman–Crippen LogP) is 1.44. The first kappa shape index (κ1) is 30.6. The van der Waals surface area contributed by atoms with Crippen LogP contribution in [0.25, 0.3) is 0 Å². The van der Waals surface area contributed by atoms with Crippen LogP contribution >= 0.6 is 0 Å². The molecule has 1 saturated heterocycles. The maximum atomic E-state index is 13.5. The number of fused-ring (bicyclic) bond motifs is 4. The highest BCUT2D eigenvalue weighted by Gasteiger charge is 2.79. The summed E-state index contributed by atoms with van der Waals surface area (Å²) < 4.78 is 23.9. The summed E-state index contributed by atoms with van der Waals surface area (Å²) in [5.74, 6) is -3.31. The number of hydrogen-bond acceptors (Lipinski definition) is 11. The van der Waals surface area contributed by atoms with Crippen LogP contribution in [0.4, 0.5) is 0 Å². The lowest BCUT2D eigenvalue weighted by molar-refractivity contribution is -0.352. The Bertz CT molecular complexity index is 1300. The van der Waals surface area contributed by atoms with Crippen molar-refractivity contribution in [2.24, 2.45) is 16.7 Å². The van der Waals surface area contributed by atoms with Crippen molar-refractivity contribution in [1.82, 2.24) is 0 Å². The highest BCUT2D eigenvalue weighted by Crippen LogP contribution is 2.68. The molecule has 4 aliphatic rings. The Kier molecular flexibility index (Phi) is 7.38. The number of hydrogen-bond donors (Lipinski definition) is 4. The summed E-state index contributed by atoms with van der Waals surface area (Å²) >= 11 is 0. The monoisotopic (exact) mass is 588 g/mol. The first-order valence-electron chi connectivity index (χ1n) is 14.2. The standard InChI is InChI=1S/C31H40O11/c1-15-19(34)13-30(28(4,5)38)22(15)23(41-27(37)18-10-8-7-9-11-18)25(36)29(6)20(35)12-21-31(14-39-21,42-17(3)33)24(29)26(30)40-16(2)32/h7-11,19-21,23-26,34-36,38H,12-14H2,1-6H3/t19-,20-,21+,23+,24-,25-,26-,29+,30-,31-/m0/s1. The summed E-state index contributed by atoms with van der Waals surface area (Å²) in [6.45, 7) is 8.48. The van der Waals surface area contributed by atoms with Crippen LogP contribution in [0.3, 0.4) is 0 Å². The van der Waals surface area contributed by atoms with Crippen molar-refractivity contribution >= 4 is 17.9 Å². The molecule has 0 unspecified atom stereocenters. The smallest absolute Gasteiger partial charge is 0.338 e. The van der Waals surface area contributed by atoms with Crippen molar-refractivity contribution in [3.05, 3.63) is 47.0 Å². The van der Waals surface area contributed by atoms with Crippen LogP contribution in [0.1, 0.15) is 64.7 Å². The quantitative estimate of drug-likeness (QED) is 0.223. The third-order valence-electron chi connectivity index (χ3n) is 10.3. The van der Waals surface area contributed by atoms with Gasteiger partial charge in [-0.15, -0.1) is 0 Å². The fourth-order valence-electron chi connectivity index (χ4n) is 8.27. The molecule has 11 nitrogen and oxygen atoms in total. The molecule has 0 amide bonds. The van der Waals surface area contributed by atoms with Crippen LogP contribution in [0.15, 0.2) is 41.5 Å². The Morgan fingerprint density at radius 2 is 1.67 bits per heavy atom. The predicted molar refractivity (Wildman–Crippen MR) is 146 cm³/mol. The number of carbonyl (C=O) groups excluding carboxylic acids is 3. The molecule has 1 heterocycles. The van der Waals surface area contributed by atoms with E-state index >= 15 is 0 Å². The zero-order valence-electron chi connectivity index (χ0n) is 24.7. The molecule has 10 atom stereocenters. The van der Waals surface area contributed by atoms with Crippen molar-refractivity contribution in [2.45, 2.75) is 102 Å². The molecule has 230 valence electrons. The van der Waals surface area contributed by atoms with Gasteiger partial charge in [0, 0.05) is 25.7 Å². The Hall–Kier alpha value is -2.83. The Balaban J connectivity index is 1.83. The van der Waals surface area contributed by atoms with E-state index in [2.05, 4.69) is 0 Å². The molecule has 3 fully saturated rings. The first-order valence-corrected chi connectivity index (χ1v) is 14.2. The Morgan fingerprint density at radius 1 is 1.02 bits per heavy atom. The summed E-state index contributed by atoms with van der Waals surface area (Å²) in [6, 6.07) is 8.14. The summed E-state index contributed by atoms with van der Waals surface area (Å²) in [4.78, 5) is 38.9. The van der Waals surface area contributed by atoms with Gasteiger partial charge < -0.3 is 39.4 Å². The number of ether oxygens (including phenoxy) is 4. The molecule has 11 heteroatoms. The van der Waals surface area contributed by atoms with Crippen molar-refractivity contribution < 1.29 is 53.8 Å². The van der Waals surface area contributed by atoms with Crippen molar-refractivity contribution in [3.63, 3.8) is 0 Å². The molecule has 0 spiro atoms. The second-order valence-electron chi connectivity index (χ2n) is 13.0. The number of carbonyl (C=O) groups is 3. The van der Waals surface area contributed by atoms with Gasteiger partial charge in [-0.3, -0.25) is 9.59 Å². The molecule has 5 rings (SSSR count). The molecular weight excluding hydrogens is 548 g/mol. The van der Waals surface area contributed by atoms with Crippen LogP contribution in [0.2, 0.25) is 0 Å². The van der Waals surface area contributed by atoms with Crippen LogP contribution in [0, 0.1) is 16.7 Å². The number of rotatable bonds is 5. The van der Waals surface area contributed by atoms with Crippen LogP contribution in [-0.2, 0) is 28.5 Å². The molecule has 1 aromatic rings. The van der Waals surface area contributed by atoms with Crippen LogP contribution in [0.5, 0.6) is 0 Å². The zero-order valence-corrected chi connectivity index (χ0v) is 24.7. The lowest BCUT2D eigenvalue weighted by Crippen LogP contribution is -2.78. The van der Waals surface area contributed by atoms with E-state index in [0.717, 1.165) is 0 Å². The summed E-state index contributed by atoms with van der Waals surface area (Å²) in [5.41, 5.74) is -5.78. The number of aliphatic hydroxyl groups is 4. The van der Waals surface area contributed by atoms with Gasteiger partial charge in [0.2, 0.25) is 0 Å². The van der Waals surface area contributed by atoms with Crippen molar-refractivity contribution in [1.29, 1.82) is 0 Å². The molecule has 4 N–H and O–H groups in total. The lowest BCUT2D eigenvalue weighted by Gasteiger charge is -2.65. The second kappa shape index (κ2) is 10.1. The molecule has 42 heavy (non-hydrogen) atoms. The second-order valence-corrected chi connectivity index (χ2v) is 13.0.